The van der Waals surface area contributed by atoms with Crippen LogP contribution in [0.3, 0.4) is 0 Å². The summed E-state index contributed by atoms with van der Waals surface area (Å²) < 4.78 is 34.9. The maximum absolute atomic E-state index is 10.9. The van der Waals surface area contributed by atoms with Crippen molar-refractivity contribution in [3.63, 3.8) is 0 Å². The zero-order chi connectivity index (χ0) is 10.8. The first-order valence-electron chi connectivity index (χ1n) is 4.06. The molecular weight excluding hydrogens is 219 g/mol. The van der Waals surface area contributed by atoms with Crippen LogP contribution in [0.4, 0.5) is 0 Å². The topological polar surface area (TPSA) is 101 Å². The molecule has 0 N–H and O–H groups in total. The average Bonchev–Trinajstić information content (AvgIpc) is 2.27. The average molecular weight is 228 g/mol. The summed E-state index contributed by atoms with van der Waals surface area (Å²) in [6.45, 7) is 0. The molecule has 0 saturated carbocycles. The van der Waals surface area contributed by atoms with E-state index in [9.17, 15) is 22.6 Å². The van der Waals surface area contributed by atoms with Crippen molar-refractivity contribution in [1.29, 1.82) is 0 Å². The van der Waals surface area contributed by atoms with Gasteiger partial charge in [-0.3, -0.25) is 9.59 Å². The fourth-order valence-electron chi connectivity index (χ4n) is 1.25. The van der Waals surface area contributed by atoms with Crippen molar-refractivity contribution in [1.82, 2.24) is 0 Å². The van der Waals surface area contributed by atoms with Gasteiger partial charge in [0.05, 0.1) is 22.5 Å². The van der Waals surface area contributed by atoms with E-state index in [0.29, 0.717) is 0 Å². The Labute approximate surface area is 99.3 Å². The largest absolute Gasteiger partial charge is 1.00 e. The Balaban J connectivity index is 0.00000196. The van der Waals surface area contributed by atoms with E-state index in [-0.39, 0.29) is 38.1 Å². The molecule has 0 bridgehead atoms. The molecule has 1 aliphatic rings. The Bertz CT molecular complexity index is 348. The first-order chi connectivity index (χ1) is 6.38. The van der Waals surface area contributed by atoms with Crippen LogP contribution in [-0.4, -0.2) is 30.7 Å². The van der Waals surface area contributed by atoms with Crippen LogP contribution in [0.5, 0.6) is 0 Å². The van der Waals surface area contributed by atoms with Crippen LogP contribution < -0.4 is 18.9 Å². The van der Waals surface area contributed by atoms with Gasteiger partial charge >= 0.3 is 30.8 Å². The molecule has 1 unspecified atom stereocenters. The summed E-state index contributed by atoms with van der Waals surface area (Å²) in [6, 6.07) is 0. The second-order valence-corrected chi connectivity index (χ2v) is 4.62. The Morgan fingerprint density at radius 1 is 1.40 bits per heavy atom. The summed E-state index contributed by atoms with van der Waals surface area (Å²) in [4.78, 5) is 21.5. The van der Waals surface area contributed by atoms with Crippen molar-refractivity contribution in [2.24, 2.45) is 5.92 Å². The maximum Gasteiger partial charge on any atom is 1.00 e. The van der Waals surface area contributed by atoms with Crippen molar-refractivity contribution in [3.8, 4) is 0 Å². The number of hydrogen-bond donors (Lipinski definition) is 0. The van der Waals surface area contributed by atoms with Crippen LogP contribution in [0.15, 0.2) is 0 Å². The summed E-state index contributed by atoms with van der Waals surface area (Å²) in [5, 5.41) is 0. The van der Waals surface area contributed by atoms with Gasteiger partial charge in [-0.1, -0.05) is 0 Å². The molecule has 8 heteroatoms. The van der Waals surface area contributed by atoms with Gasteiger partial charge in [0.25, 0.3) is 0 Å². The molecule has 1 saturated heterocycles. The molecule has 1 aliphatic heterocycles. The number of ether oxygens (including phenoxy) is 1. The summed E-state index contributed by atoms with van der Waals surface area (Å²) >= 11 is 0. The minimum Gasteiger partial charge on any atom is -0.748 e. The molecule has 6 nitrogen and oxygen atoms in total. The second kappa shape index (κ2) is 5.66. The normalized spacial score (nSPS) is 21.0. The molecule has 15 heavy (non-hydrogen) atoms. The third kappa shape index (κ3) is 5.32. The van der Waals surface area contributed by atoms with Crippen molar-refractivity contribution in [2.75, 3.05) is 5.75 Å². The Morgan fingerprint density at radius 2 is 2.00 bits per heavy atom. The number of cyclic esters (lactones) is 2. The number of carbonyl (C=O) groups excluding carboxylic acids is 2. The van der Waals surface area contributed by atoms with E-state index in [4.69, 9.17) is 0 Å². The molecule has 1 fully saturated rings. The standard InChI is InChI=1S/C7H10O6S.Li/c8-6-4-5(7(9)13-6)2-1-3-14(10,11)12;/h5H,1-4H2,(H,10,11,12);/q;+1/p-1. The first-order valence-corrected chi connectivity index (χ1v) is 5.64. The third-order valence-electron chi connectivity index (χ3n) is 1.91. The van der Waals surface area contributed by atoms with Crippen molar-refractivity contribution in [3.05, 3.63) is 0 Å². The molecular formula is C7H9LiO6S. The number of carbonyl (C=O) groups is 2. The van der Waals surface area contributed by atoms with Crippen LogP contribution in [0.2, 0.25) is 0 Å². The molecule has 1 rings (SSSR count). The van der Waals surface area contributed by atoms with E-state index in [1.165, 1.54) is 0 Å². The van der Waals surface area contributed by atoms with E-state index < -0.39 is 33.7 Å². The summed E-state index contributed by atoms with van der Waals surface area (Å²) in [5.74, 6) is -2.31. The zero-order valence-corrected chi connectivity index (χ0v) is 9.08. The predicted octanol–water partition coefficient (Wildman–Crippen LogP) is -3.59. The van der Waals surface area contributed by atoms with Gasteiger partial charge in [-0.2, -0.15) is 0 Å². The van der Waals surface area contributed by atoms with Gasteiger partial charge in [-0.05, 0) is 12.8 Å². The fourth-order valence-corrected chi connectivity index (χ4v) is 1.77. The van der Waals surface area contributed by atoms with E-state index in [1.54, 1.807) is 0 Å². The quantitative estimate of drug-likeness (QED) is 0.213. The Hall–Kier alpha value is -0.353. The van der Waals surface area contributed by atoms with E-state index in [0.717, 1.165) is 0 Å². The molecule has 1 atom stereocenters. The molecule has 0 aromatic carbocycles. The van der Waals surface area contributed by atoms with Crippen molar-refractivity contribution >= 4 is 22.1 Å². The minimum absolute atomic E-state index is 0. The van der Waals surface area contributed by atoms with Crippen LogP contribution >= 0.6 is 0 Å². The SMILES string of the molecule is O=C1CC(CCCS(=O)(=O)[O-])C(=O)O1.[Li+]. The van der Waals surface area contributed by atoms with Gasteiger partial charge in [0.2, 0.25) is 0 Å². The van der Waals surface area contributed by atoms with Gasteiger partial charge in [0.1, 0.15) is 0 Å². The van der Waals surface area contributed by atoms with Gasteiger partial charge in [0, 0.05) is 5.75 Å². The Kier molecular flexibility index (Phi) is 5.52. The number of rotatable bonds is 4. The monoisotopic (exact) mass is 228 g/mol. The first kappa shape index (κ1) is 14.6. The molecule has 0 radical (unpaired) electrons. The van der Waals surface area contributed by atoms with Crippen LogP contribution in [0, 0.1) is 5.92 Å². The number of esters is 2. The van der Waals surface area contributed by atoms with Crippen LogP contribution in [-0.2, 0) is 24.4 Å². The molecule has 0 amide bonds. The fraction of sp³-hybridized carbons (Fsp3) is 0.714. The van der Waals surface area contributed by atoms with Gasteiger partial charge in [-0.25, -0.2) is 8.42 Å². The molecule has 0 aromatic heterocycles. The molecule has 0 aliphatic carbocycles. The van der Waals surface area contributed by atoms with E-state index >= 15 is 0 Å². The third-order valence-corrected chi connectivity index (χ3v) is 2.70. The zero-order valence-electron chi connectivity index (χ0n) is 8.26. The van der Waals surface area contributed by atoms with Gasteiger partial charge < -0.3 is 9.29 Å². The summed E-state index contributed by atoms with van der Waals surface area (Å²) in [7, 11) is -4.23. The predicted molar refractivity (Wildman–Crippen MR) is 43.0 cm³/mol. The van der Waals surface area contributed by atoms with Gasteiger partial charge in [0.15, 0.2) is 0 Å². The molecule has 80 valence electrons. The molecule has 0 aromatic rings. The Morgan fingerprint density at radius 3 is 2.40 bits per heavy atom. The van der Waals surface area contributed by atoms with Gasteiger partial charge in [-0.15, -0.1) is 0 Å². The van der Waals surface area contributed by atoms with E-state index in [1.807, 2.05) is 0 Å². The van der Waals surface area contributed by atoms with Crippen LogP contribution in [0.1, 0.15) is 19.3 Å². The van der Waals surface area contributed by atoms with Crippen LogP contribution in [0.25, 0.3) is 0 Å². The molecule has 1 heterocycles. The minimum atomic E-state index is -4.23. The summed E-state index contributed by atoms with van der Waals surface area (Å²) in [6.07, 6.45) is 0.267. The smallest absolute Gasteiger partial charge is 0.748 e. The number of hydrogen-bond acceptors (Lipinski definition) is 6. The summed E-state index contributed by atoms with van der Waals surface area (Å²) in [5.41, 5.74) is 0. The van der Waals surface area contributed by atoms with E-state index in [2.05, 4.69) is 4.74 Å². The molecule has 0 spiro atoms. The van der Waals surface area contributed by atoms with Crippen molar-refractivity contribution < 1.29 is 46.2 Å². The van der Waals surface area contributed by atoms with Crippen molar-refractivity contribution in [2.45, 2.75) is 19.3 Å². The maximum atomic E-state index is 10.9. The second-order valence-electron chi connectivity index (χ2n) is 3.10.